The molecule has 0 radical (unpaired) electrons. The van der Waals surface area contributed by atoms with Gasteiger partial charge in [-0.15, -0.1) is 0 Å². The lowest BCUT2D eigenvalue weighted by Crippen LogP contribution is -2.51. The van der Waals surface area contributed by atoms with Crippen molar-refractivity contribution in [3.8, 4) is 11.5 Å². The highest BCUT2D eigenvalue weighted by Crippen LogP contribution is 2.47. The summed E-state index contributed by atoms with van der Waals surface area (Å²) in [6.07, 6.45) is 8.24. The van der Waals surface area contributed by atoms with Gasteiger partial charge in [0.15, 0.2) is 0 Å². The SMILES string of the molecule is C=C(C)C1CCC(C)=CC1c1c(OC(=O)NCC)cc(CCCCC)cc1OC(=O)C(C)(CC)NCC. The van der Waals surface area contributed by atoms with Crippen molar-refractivity contribution in [2.45, 2.75) is 105 Å². The topological polar surface area (TPSA) is 76.7 Å². The Bertz CT molecular complexity index is 984. The lowest BCUT2D eigenvalue weighted by atomic mass is 9.73. The van der Waals surface area contributed by atoms with Crippen LogP contribution in [0.15, 0.2) is 35.9 Å². The number of allylic oxidation sites excluding steroid dienone is 3. The van der Waals surface area contributed by atoms with Crippen LogP contribution in [0.4, 0.5) is 4.79 Å². The first-order valence-electron chi connectivity index (χ1n) is 14.0. The van der Waals surface area contributed by atoms with Crippen molar-refractivity contribution in [3.63, 3.8) is 0 Å². The fourth-order valence-corrected chi connectivity index (χ4v) is 5.01. The molecule has 0 aromatic heterocycles. The molecular formula is C31H48N2O4. The molecule has 3 unspecified atom stereocenters. The number of hydrogen-bond donors (Lipinski definition) is 2. The van der Waals surface area contributed by atoms with Crippen LogP contribution in [0, 0.1) is 5.92 Å². The van der Waals surface area contributed by atoms with Gasteiger partial charge < -0.3 is 20.1 Å². The molecule has 0 fully saturated rings. The fraction of sp³-hybridized carbons (Fsp3) is 0.613. The van der Waals surface area contributed by atoms with E-state index in [0.717, 1.165) is 55.2 Å². The molecule has 1 aliphatic rings. The second-order valence-electron chi connectivity index (χ2n) is 10.5. The number of amides is 1. The van der Waals surface area contributed by atoms with E-state index in [1.807, 2.05) is 46.8 Å². The van der Waals surface area contributed by atoms with E-state index in [2.05, 4.69) is 37.1 Å². The number of carbonyl (C=O) groups is 2. The summed E-state index contributed by atoms with van der Waals surface area (Å²) in [5.41, 5.74) is 3.23. The first kappa shape index (κ1) is 30.6. The quantitative estimate of drug-likeness (QED) is 0.126. The molecule has 1 aromatic carbocycles. The maximum absolute atomic E-state index is 13.5. The zero-order valence-electron chi connectivity index (χ0n) is 24.1. The number of hydrogen-bond acceptors (Lipinski definition) is 5. The number of aryl methyl sites for hydroxylation is 1. The first-order valence-corrected chi connectivity index (χ1v) is 14.0. The van der Waals surface area contributed by atoms with E-state index >= 15 is 0 Å². The van der Waals surface area contributed by atoms with Crippen LogP contribution in [0.5, 0.6) is 11.5 Å². The molecule has 37 heavy (non-hydrogen) atoms. The Morgan fingerprint density at radius 3 is 2.32 bits per heavy atom. The molecular weight excluding hydrogens is 464 g/mol. The van der Waals surface area contributed by atoms with Gasteiger partial charge in [0.2, 0.25) is 0 Å². The molecule has 3 atom stereocenters. The Morgan fingerprint density at radius 1 is 1.08 bits per heavy atom. The van der Waals surface area contributed by atoms with Gasteiger partial charge in [-0.25, -0.2) is 9.59 Å². The molecule has 0 aliphatic heterocycles. The number of rotatable bonds is 13. The molecule has 206 valence electrons. The maximum atomic E-state index is 13.5. The van der Waals surface area contributed by atoms with Crippen LogP contribution in [0.25, 0.3) is 0 Å². The van der Waals surface area contributed by atoms with Gasteiger partial charge in [-0.2, -0.15) is 0 Å². The second kappa shape index (κ2) is 14.4. The summed E-state index contributed by atoms with van der Waals surface area (Å²) < 4.78 is 12.1. The summed E-state index contributed by atoms with van der Waals surface area (Å²) in [6, 6.07) is 3.93. The average Bonchev–Trinajstić information content (AvgIpc) is 2.84. The van der Waals surface area contributed by atoms with Crippen LogP contribution < -0.4 is 20.1 Å². The summed E-state index contributed by atoms with van der Waals surface area (Å²) in [5.74, 6) is 0.617. The van der Waals surface area contributed by atoms with Crippen LogP contribution in [0.1, 0.15) is 104 Å². The maximum Gasteiger partial charge on any atom is 0.412 e. The van der Waals surface area contributed by atoms with Crippen LogP contribution in [-0.4, -0.2) is 30.7 Å². The summed E-state index contributed by atoms with van der Waals surface area (Å²) in [6.45, 7) is 19.4. The normalized spacial score (nSPS) is 18.9. The van der Waals surface area contributed by atoms with Gasteiger partial charge in [-0.05, 0) is 90.0 Å². The second-order valence-corrected chi connectivity index (χ2v) is 10.5. The zero-order chi connectivity index (χ0) is 27.6. The number of carbonyl (C=O) groups excluding carboxylic acids is 2. The van der Waals surface area contributed by atoms with E-state index in [-0.39, 0.29) is 17.8 Å². The standard InChI is InChI=1S/C31H48N2O4/c1-9-13-14-15-23-19-26(36-29(34)31(8,10-2)33-12-4)28(27(20-23)37-30(35)32-11-3)25-18-22(7)16-17-24(25)21(5)6/h18-20,24-25,33H,5,9-17H2,1-4,6-8H3,(H,32,35). The molecule has 2 N–H and O–H groups in total. The van der Waals surface area contributed by atoms with Crippen LogP contribution in [0.3, 0.4) is 0 Å². The molecule has 0 saturated heterocycles. The van der Waals surface area contributed by atoms with Crippen molar-refractivity contribution in [2.75, 3.05) is 13.1 Å². The van der Waals surface area contributed by atoms with Crippen molar-refractivity contribution < 1.29 is 19.1 Å². The number of esters is 1. The Kier molecular flexibility index (Phi) is 11.9. The van der Waals surface area contributed by atoms with Gasteiger partial charge in [0.25, 0.3) is 0 Å². The van der Waals surface area contributed by atoms with E-state index in [1.165, 1.54) is 5.57 Å². The average molecular weight is 513 g/mol. The minimum absolute atomic E-state index is 0.116. The minimum atomic E-state index is -0.823. The van der Waals surface area contributed by atoms with Crippen molar-refractivity contribution in [2.24, 2.45) is 5.92 Å². The predicted molar refractivity (Wildman–Crippen MR) is 151 cm³/mol. The lowest BCUT2D eigenvalue weighted by molar-refractivity contribution is -0.141. The van der Waals surface area contributed by atoms with E-state index in [1.54, 1.807) is 0 Å². The Morgan fingerprint density at radius 2 is 1.76 bits per heavy atom. The Hall–Kier alpha value is -2.60. The summed E-state index contributed by atoms with van der Waals surface area (Å²) in [5, 5.41) is 6.02. The van der Waals surface area contributed by atoms with E-state index in [9.17, 15) is 9.59 Å². The smallest absolute Gasteiger partial charge is 0.412 e. The lowest BCUT2D eigenvalue weighted by Gasteiger charge is -2.33. The fourth-order valence-electron chi connectivity index (χ4n) is 5.01. The molecule has 1 amide bonds. The van der Waals surface area contributed by atoms with Crippen molar-refractivity contribution in [1.82, 2.24) is 10.6 Å². The first-order chi connectivity index (χ1) is 17.6. The van der Waals surface area contributed by atoms with E-state index in [4.69, 9.17) is 9.47 Å². The number of ether oxygens (including phenoxy) is 2. The Labute approximate surface area is 224 Å². The van der Waals surface area contributed by atoms with Crippen LogP contribution in [0.2, 0.25) is 0 Å². The third kappa shape index (κ3) is 8.19. The van der Waals surface area contributed by atoms with Gasteiger partial charge in [0.05, 0.1) is 0 Å². The molecule has 0 heterocycles. The van der Waals surface area contributed by atoms with Crippen molar-refractivity contribution in [1.29, 1.82) is 0 Å². The molecule has 1 aliphatic carbocycles. The highest BCUT2D eigenvalue weighted by Gasteiger charge is 2.36. The number of unbranched alkanes of at least 4 members (excludes halogenated alkanes) is 2. The predicted octanol–water partition coefficient (Wildman–Crippen LogP) is 7.23. The van der Waals surface area contributed by atoms with Gasteiger partial charge >= 0.3 is 12.1 Å². The van der Waals surface area contributed by atoms with Gasteiger partial charge in [0, 0.05) is 18.0 Å². The summed E-state index contributed by atoms with van der Waals surface area (Å²) >= 11 is 0. The van der Waals surface area contributed by atoms with Gasteiger partial charge in [0.1, 0.15) is 17.0 Å². The third-order valence-electron chi connectivity index (χ3n) is 7.40. The Balaban J connectivity index is 2.73. The number of likely N-dealkylation sites (N-methyl/N-ethyl adjacent to an activating group) is 1. The van der Waals surface area contributed by atoms with Gasteiger partial charge in [-0.1, -0.05) is 57.4 Å². The van der Waals surface area contributed by atoms with Gasteiger partial charge in [-0.3, -0.25) is 0 Å². The number of nitrogens with one attached hydrogen (secondary N) is 2. The largest absolute Gasteiger partial charge is 0.425 e. The molecule has 2 rings (SSSR count). The van der Waals surface area contributed by atoms with Crippen molar-refractivity contribution in [3.05, 3.63) is 47.1 Å². The molecule has 1 aromatic rings. The zero-order valence-corrected chi connectivity index (χ0v) is 24.1. The highest BCUT2D eigenvalue weighted by atomic mass is 16.6. The summed E-state index contributed by atoms with van der Waals surface area (Å²) in [4.78, 5) is 26.2. The van der Waals surface area contributed by atoms with E-state index < -0.39 is 11.6 Å². The molecule has 0 bridgehead atoms. The van der Waals surface area contributed by atoms with Crippen LogP contribution >= 0.6 is 0 Å². The van der Waals surface area contributed by atoms with Crippen molar-refractivity contribution >= 4 is 12.1 Å². The molecule has 0 spiro atoms. The number of benzene rings is 1. The monoisotopic (exact) mass is 512 g/mol. The molecule has 0 saturated carbocycles. The molecule has 6 heteroatoms. The minimum Gasteiger partial charge on any atom is -0.425 e. The molecule has 6 nitrogen and oxygen atoms in total. The van der Waals surface area contributed by atoms with Crippen LogP contribution in [-0.2, 0) is 11.2 Å². The highest BCUT2D eigenvalue weighted by molar-refractivity contribution is 5.83. The summed E-state index contributed by atoms with van der Waals surface area (Å²) in [7, 11) is 0. The third-order valence-corrected chi connectivity index (χ3v) is 7.40. The van der Waals surface area contributed by atoms with E-state index in [0.29, 0.717) is 31.0 Å².